The summed E-state index contributed by atoms with van der Waals surface area (Å²) >= 11 is 12.6. The van der Waals surface area contributed by atoms with E-state index in [2.05, 4.69) is 43.3 Å². The third-order valence-electron chi connectivity index (χ3n) is 6.86. The summed E-state index contributed by atoms with van der Waals surface area (Å²) in [6, 6.07) is 28.7. The molecule has 0 fully saturated rings. The van der Waals surface area contributed by atoms with Gasteiger partial charge in [-0.15, -0.1) is 0 Å². The fourth-order valence-electron chi connectivity index (χ4n) is 4.50. The van der Waals surface area contributed by atoms with E-state index in [0.717, 1.165) is 64.5 Å². The number of carbonyl (C=O) groups is 1. The van der Waals surface area contributed by atoms with Crippen LogP contribution in [0.3, 0.4) is 0 Å². The number of hydrogen-bond acceptors (Lipinski definition) is 3. The van der Waals surface area contributed by atoms with E-state index in [4.69, 9.17) is 32.9 Å². The van der Waals surface area contributed by atoms with E-state index in [0.29, 0.717) is 16.6 Å². The van der Waals surface area contributed by atoms with E-state index in [1.165, 1.54) is 0 Å². The van der Waals surface area contributed by atoms with Gasteiger partial charge in [-0.3, -0.25) is 0 Å². The standard InChI is InChI=1S/C35H30Cl2N2O3/c1-2-3-20-42-30-16-13-27(14-17-30)26-9-4-24(5-10-26)8-19-34-38-33(31-18-15-29(36)21-32(31)37)23-39(34)22-25-6-11-28(12-7-25)35(40)41/h4-19,21,23H,2-3,20,22H2,1H3,(H,40,41). The van der Waals surface area contributed by atoms with Gasteiger partial charge in [0.25, 0.3) is 0 Å². The van der Waals surface area contributed by atoms with Gasteiger partial charge in [0.2, 0.25) is 0 Å². The minimum absolute atomic E-state index is 0.248. The number of rotatable bonds is 11. The molecule has 212 valence electrons. The molecule has 42 heavy (non-hydrogen) atoms. The quantitative estimate of drug-likeness (QED) is 0.154. The highest BCUT2D eigenvalue weighted by Crippen LogP contribution is 2.31. The highest BCUT2D eigenvalue weighted by molar-refractivity contribution is 6.36. The van der Waals surface area contributed by atoms with Crippen LogP contribution in [0.2, 0.25) is 10.0 Å². The first-order valence-corrected chi connectivity index (χ1v) is 14.5. The topological polar surface area (TPSA) is 64.4 Å². The van der Waals surface area contributed by atoms with Gasteiger partial charge in [-0.05, 0) is 77.2 Å². The molecule has 4 aromatic carbocycles. The zero-order chi connectivity index (χ0) is 29.5. The fourth-order valence-corrected chi connectivity index (χ4v) is 5.01. The summed E-state index contributed by atoms with van der Waals surface area (Å²) in [6.07, 6.45) is 8.09. The number of imidazole rings is 1. The molecule has 0 saturated heterocycles. The van der Waals surface area contributed by atoms with Crippen molar-refractivity contribution in [1.29, 1.82) is 0 Å². The maximum absolute atomic E-state index is 11.3. The third-order valence-corrected chi connectivity index (χ3v) is 7.41. The van der Waals surface area contributed by atoms with Crippen molar-refractivity contribution in [2.24, 2.45) is 0 Å². The van der Waals surface area contributed by atoms with Gasteiger partial charge in [-0.2, -0.15) is 0 Å². The molecule has 5 nitrogen and oxygen atoms in total. The van der Waals surface area contributed by atoms with Crippen molar-refractivity contribution in [1.82, 2.24) is 9.55 Å². The summed E-state index contributed by atoms with van der Waals surface area (Å²) in [5, 5.41) is 10.3. The van der Waals surface area contributed by atoms with Crippen LogP contribution < -0.4 is 4.74 Å². The Morgan fingerprint density at radius 3 is 2.24 bits per heavy atom. The number of carboxylic acids is 1. The lowest BCUT2D eigenvalue weighted by atomic mass is 10.0. The fraction of sp³-hybridized carbons (Fsp3) is 0.143. The summed E-state index contributed by atoms with van der Waals surface area (Å²) in [5.74, 6) is 0.673. The van der Waals surface area contributed by atoms with Gasteiger partial charge < -0.3 is 14.4 Å². The number of ether oxygens (including phenoxy) is 1. The van der Waals surface area contributed by atoms with Crippen LogP contribution in [0.15, 0.2) is 97.2 Å². The summed E-state index contributed by atoms with van der Waals surface area (Å²) in [7, 11) is 0. The lowest BCUT2D eigenvalue weighted by Crippen LogP contribution is -2.02. The van der Waals surface area contributed by atoms with Crippen LogP contribution in [0.5, 0.6) is 5.75 Å². The van der Waals surface area contributed by atoms with E-state index < -0.39 is 5.97 Å². The summed E-state index contributed by atoms with van der Waals surface area (Å²) in [5.41, 5.74) is 5.98. The molecule has 0 aliphatic rings. The van der Waals surface area contributed by atoms with Crippen LogP contribution >= 0.6 is 23.2 Å². The van der Waals surface area contributed by atoms with Crippen molar-refractivity contribution in [3.8, 4) is 28.1 Å². The van der Waals surface area contributed by atoms with E-state index in [1.807, 2.05) is 53.2 Å². The highest BCUT2D eigenvalue weighted by atomic mass is 35.5. The average molecular weight is 598 g/mol. The molecule has 7 heteroatoms. The smallest absolute Gasteiger partial charge is 0.335 e. The third kappa shape index (κ3) is 7.30. The zero-order valence-electron chi connectivity index (χ0n) is 23.1. The first-order chi connectivity index (χ1) is 20.4. The Balaban J connectivity index is 1.38. The van der Waals surface area contributed by atoms with Crippen molar-refractivity contribution in [2.75, 3.05) is 6.61 Å². The van der Waals surface area contributed by atoms with Crippen molar-refractivity contribution in [3.63, 3.8) is 0 Å². The van der Waals surface area contributed by atoms with Crippen molar-refractivity contribution < 1.29 is 14.6 Å². The maximum Gasteiger partial charge on any atom is 0.335 e. The SMILES string of the molecule is CCCCOc1ccc(-c2ccc(C=Cc3nc(-c4ccc(Cl)cc4Cl)cn3Cc3ccc(C(=O)O)cc3)cc2)cc1. The first kappa shape index (κ1) is 29.2. The maximum atomic E-state index is 11.3. The second-order valence-corrected chi connectivity index (χ2v) is 10.8. The second kappa shape index (κ2) is 13.6. The molecule has 5 rings (SSSR count). The Labute approximate surface area is 255 Å². The predicted molar refractivity (Wildman–Crippen MR) is 171 cm³/mol. The van der Waals surface area contributed by atoms with Crippen molar-refractivity contribution in [3.05, 3.63) is 130 Å². The largest absolute Gasteiger partial charge is 0.494 e. The molecule has 0 bridgehead atoms. The molecule has 1 N–H and O–H groups in total. The number of hydrogen-bond donors (Lipinski definition) is 1. The van der Waals surface area contributed by atoms with E-state index >= 15 is 0 Å². The Morgan fingerprint density at radius 2 is 1.60 bits per heavy atom. The molecule has 5 aromatic rings. The van der Waals surface area contributed by atoms with E-state index in [1.54, 1.807) is 24.3 Å². The van der Waals surface area contributed by atoms with Crippen molar-refractivity contribution >= 4 is 41.3 Å². The predicted octanol–water partition coefficient (Wildman–Crippen LogP) is 9.62. The lowest BCUT2D eigenvalue weighted by Gasteiger charge is -2.07. The molecule has 0 amide bonds. The van der Waals surface area contributed by atoms with Gasteiger partial charge in [0.1, 0.15) is 11.6 Å². The second-order valence-electron chi connectivity index (χ2n) is 9.92. The number of halogens is 2. The van der Waals surface area contributed by atoms with Crippen LogP contribution in [-0.4, -0.2) is 27.2 Å². The van der Waals surface area contributed by atoms with Crippen LogP contribution in [-0.2, 0) is 6.54 Å². The van der Waals surface area contributed by atoms with Gasteiger partial charge in [-0.25, -0.2) is 9.78 Å². The van der Waals surface area contributed by atoms with Gasteiger partial charge in [0.05, 0.1) is 22.9 Å². The minimum Gasteiger partial charge on any atom is -0.494 e. The van der Waals surface area contributed by atoms with E-state index in [9.17, 15) is 9.90 Å². The molecule has 0 spiro atoms. The summed E-state index contributed by atoms with van der Waals surface area (Å²) in [6.45, 7) is 3.40. The summed E-state index contributed by atoms with van der Waals surface area (Å²) in [4.78, 5) is 16.1. The molecular formula is C35H30Cl2N2O3. The zero-order valence-corrected chi connectivity index (χ0v) is 24.6. The Hall–Kier alpha value is -4.32. The normalized spacial score (nSPS) is 11.2. The van der Waals surface area contributed by atoms with Crippen LogP contribution in [0.4, 0.5) is 0 Å². The minimum atomic E-state index is -0.952. The molecule has 0 aliphatic carbocycles. The van der Waals surface area contributed by atoms with Gasteiger partial charge in [-0.1, -0.05) is 91.2 Å². The number of unbranched alkanes of at least 4 members (excludes halogenated alkanes) is 1. The average Bonchev–Trinajstić information content (AvgIpc) is 3.39. The molecule has 0 aliphatic heterocycles. The Kier molecular flexibility index (Phi) is 9.42. The van der Waals surface area contributed by atoms with Crippen LogP contribution in [0, 0.1) is 0 Å². The Morgan fingerprint density at radius 1 is 0.905 bits per heavy atom. The number of benzene rings is 4. The monoisotopic (exact) mass is 596 g/mol. The number of aromatic nitrogens is 2. The van der Waals surface area contributed by atoms with Crippen LogP contribution in [0.25, 0.3) is 34.5 Å². The number of nitrogens with zero attached hydrogens (tertiary/aromatic N) is 2. The molecule has 0 atom stereocenters. The first-order valence-electron chi connectivity index (χ1n) is 13.8. The number of carboxylic acid groups (broad SMARTS) is 1. The molecular weight excluding hydrogens is 567 g/mol. The van der Waals surface area contributed by atoms with Crippen molar-refractivity contribution in [2.45, 2.75) is 26.3 Å². The highest BCUT2D eigenvalue weighted by Gasteiger charge is 2.12. The van der Waals surface area contributed by atoms with Gasteiger partial charge >= 0.3 is 5.97 Å². The summed E-state index contributed by atoms with van der Waals surface area (Å²) < 4.78 is 7.80. The van der Waals surface area contributed by atoms with Crippen LogP contribution in [0.1, 0.15) is 47.1 Å². The molecule has 0 radical (unpaired) electrons. The Bertz CT molecular complexity index is 1690. The molecule has 1 aromatic heterocycles. The molecule has 1 heterocycles. The van der Waals surface area contributed by atoms with Gasteiger partial charge in [0.15, 0.2) is 0 Å². The lowest BCUT2D eigenvalue weighted by molar-refractivity contribution is 0.0697. The van der Waals surface area contributed by atoms with E-state index in [-0.39, 0.29) is 5.56 Å². The molecule has 0 unspecified atom stereocenters. The number of aromatic carboxylic acids is 1. The molecule has 0 saturated carbocycles. The van der Waals surface area contributed by atoms with Gasteiger partial charge in [0, 0.05) is 23.3 Å².